The Labute approximate surface area is 206 Å². The van der Waals surface area contributed by atoms with Gasteiger partial charge in [-0.05, 0) is 0 Å². The van der Waals surface area contributed by atoms with Crippen LogP contribution in [0, 0.1) is 0 Å². The van der Waals surface area contributed by atoms with E-state index in [0.717, 1.165) is 12.1 Å². The summed E-state index contributed by atoms with van der Waals surface area (Å²) in [7, 11) is -9.19. The summed E-state index contributed by atoms with van der Waals surface area (Å²) in [6, 6.07) is 10.4. The Bertz CT molecular complexity index is 1340. The molecule has 0 unspecified atom stereocenters. The number of azo groups is 1. The van der Waals surface area contributed by atoms with Crippen molar-refractivity contribution in [3.63, 3.8) is 0 Å². The summed E-state index contributed by atoms with van der Waals surface area (Å²) in [4.78, 5) is -0.854. The fourth-order valence-corrected chi connectivity index (χ4v) is 4.43. The van der Waals surface area contributed by atoms with E-state index in [1.54, 1.807) is 6.07 Å². The van der Waals surface area contributed by atoms with Crippen LogP contribution in [0.5, 0.6) is 5.75 Å². The van der Waals surface area contributed by atoms with E-state index in [1.807, 2.05) is 0 Å². The molecule has 0 radical (unpaired) electrons. The minimum absolute atomic E-state index is 0. The van der Waals surface area contributed by atoms with E-state index < -0.39 is 30.0 Å². The molecule has 140 valence electrons. The zero-order valence-electron chi connectivity index (χ0n) is 15.3. The van der Waals surface area contributed by atoms with E-state index in [0.29, 0.717) is 41.5 Å². The molecule has 9 nitrogen and oxygen atoms in total. The van der Waals surface area contributed by atoms with Gasteiger partial charge < -0.3 is 4.55 Å². The summed E-state index contributed by atoms with van der Waals surface area (Å²) < 4.78 is 66.7. The van der Waals surface area contributed by atoms with Gasteiger partial charge in [0.15, 0.2) is 0 Å². The van der Waals surface area contributed by atoms with E-state index in [1.165, 1.54) is 30.3 Å². The Hall–Kier alpha value is -0.860. The van der Waals surface area contributed by atoms with Crippen LogP contribution < -0.4 is 32.4 Å². The van der Waals surface area contributed by atoms with Gasteiger partial charge in [-0.2, -0.15) is 0 Å². The van der Waals surface area contributed by atoms with Crippen molar-refractivity contribution < 1.29 is 60.6 Å². The first-order valence-electron chi connectivity index (χ1n) is 7.68. The molecule has 2 N–H and O–H groups in total. The number of phenolic OH excluding ortho intramolecular Hbond substituents is 1. The van der Waals surface area contributed by atoms with Crippen molar-refractivity contribution in [2.75, 3.05) is 0 Å². The Balaban J connectivity index is 0.00000300. The number of phenols is 1. The van der Waals surface area contributed by atoms with Crippen LogP contribution in [0.25, 0.3) is 10.8 Å². The molecular formula is C16H10N2Na2O7S2. The van der Waals surface area contributed by atoms with E-state index in [2.05, 4.69) is 10.2 Å². The van der Waals surface area contributed by atoms with Gasteiger partial charge in [0.25, 0.3) is 0 Å². The average Bonchev–Trinajstić information content (AvgIpc) is 2.59. The number of hydrogen-bond donors (Lipinski definition) is 2. The van der Waals surface area contributed by atoms with Gasteiger partial charge in [-0.3, -0.25) is 0 Å². The predicted molar refractivity (Wildman–Crippen MR) is 99.4 cm³/mol. The molecule has 0 aliphatic carbocycles. The molecule has 0 heterocycles. The molecule has 29 heavy (non-hydrogen) atoms. The summed E-state index contributed by atoms with van der Waals surface area (Å²) in [6.07, 6.45) is 0. The molecule has 3 aromatic carbocycles. The maximum Gasteiger partial charge on any atom is 1.00 e. The summed E-state index contributed by atoms with van der Waals surface area (Å²) in [5.74, 6) is -0.290. The third kappa shape index (κ3) is 5.64. The van der Waals surface area contributed by atoms with Crippen molar-refractivity contribution in [3.05, 3.63) is 48.5 Å². The number of aromatic hydroxyl groups is 1. The van der Waals surface area contributed by atoms with Crippen LogP contribution >= 0.6 is 0 Å². The summed E-state index contributed by atoms with van der Waals surface area (Å²) in [5, 5.41) is 18.4. The van der Waals surface area contributed by atoms with Crippen molar-refractivity contribution in [2.45, 2.75) is 9.79 Å². The largest absolute Gasteiger partial charge is 1.00 e. The molecule has 0 aromatic heterocycles. The Kier molecular flexibility index (Phi) is 7.66. The van der Waals surface area contributed by atoms with Gasteiger partial charge >= 0.3 is 195 Å². The molecule has 3 rings (SSSR count). The molecule has 0 fully saturated rings. The van der Waals surface area contributed by atoms with E-state index >= 15 is 0 Å². The monoisotopic (exact) mass is 452 g/mol. The number of hydrogen-bond acceptors (Lipinski definition) is 8. The van der Waals surface area contributed by atoms with Crippen LogP contribution in [0.1, 0.15) is 0 Å². The number of fused-ring (bicyclic) bond motifs is 1. The maximum atomic E-state index is 11.6. The number of nitrogens with zero attached hydrogens (tertiary/aromatic N) is 2. The molecule has 0 atom stereocenters. The molecule has 13 heteroatoms. The fourth-order valence-electron chi connectivity index (χ4n) is 2.56. The molecule has 0 bridgehead atoms. The van der Waals surface area contributed by atoms with E-state index in [-0.39, 0.29) is 46.7 Å². The molecular weight excluding hydrogens is 442 g/mol. The predicted octanol–water partition coefficient (Wildman–Crippen LogP) is -1.09. The molecule has 0 spiro atoms. The number of rotatable bonds is 4. The van der Waals surface area contributed by atoms with Gasteiger partial charge in [-0.25, -0.2) is 8.42 Å². The van der Waals surface area contributed by atoms with Crippen molar-refractivity contribution in [2.24, 2.45) is 10.2 Å². The van der Waals surface area contributed by atoms with Crippen LogP contribution in [0.15, 0.2) is 68.6 Å². The van der Waals surface area contributed by atoms with Gasteiger partial charge in [0.1, 0.15) is 0 Å². The van der Waals surface area contributed by atoms with Crippen LogP contribution in [0.4, 0.5) is 11.4 Å². The topological polar surface area (TPSA) is 157 Å². The Morgan fingerprint density at radius 3 is 2.24 bits per heavy atom. The second kappa shape index (κ2) is 9.10. The third-order valence-corrected chi connectivity index (χ3v) is 6.22. The zero-order chi connectivity index (χ0) is 20.7. The second-order valence-electron chi connectivity index (χ2n) is 5.92. The molecule has 0 saturated heterocycles. The summed E-state index contributed by atoms with van der Waals surface area (Å²) >= 11 is 0.554. The molecule has 0 aliphatic rings. The SMILES string of the molecule is O=S(=O)([O-])c1ccc2c(N=Nc3cc[c]([Na])cc3S(=O)(=O)O)c(O)ccc2c1.[Na+]. The van der Waals surface area contributed by atoms with Crippen LogP contribution in [-0.4, -0.2) is 59.0 Å². The maximum absolute atomic E-state index is 11.6. The Morgan fingerprint density at radius 1 is 0.931 bits per heavy atom. The van der Waals surface area contributed by atoms with Gasteiger partial charge in [0.05, 0.1) is 0 Å². The van der Waals surface area contributed by atoms with Crippen LogP contribution in [0.2, 0.25) is 0 Å². The third-order valence-electron chi connectivity index (χ3n) is 3.88. The number of benzene rings is 3. The quantitative estimate of drug-likeness (QED) is 0.289. The first kappa shape index (κ1) is 24.4. The van der Waals surface area contributed by atoms with Gasteiger partial charge in [-0.1, -0.05) is 0 Å². The molecule has 0 aliphatic heterocycles. The van der Waals surface area contributed by atoms with Gasteiger partial charge in [0.2, 0.25) is 0 Å². The second-order valence-corrected chi connectivity index (χ2v) is 9.84. The standard InChI is InChI=1S/C16H11N2O7S2.2Na/c19-14-8-5-10-9-11(26(20,21)22)6-7-12(10)16(14)18-17-13-3-1-2-4-15(13)27(23,24)25;;/h1,3-9,19H,(H,20,21,22)(H,23,24,25);;/q;;+1/p-1. The fraction of sp³-hybridized carbons (Fsp3) is 0. The molecule has 0 saturated carbocycles. The summed E-state index contributed by atoms with van der Waals surface area (Å²) in [6.45, 7) is 0. The summed E-state index contributed by atoms with van der Waals surface area (Å²) in [5.41, 5.74) is -0.180. The average molecular weight is 452 g/mol. The van der Waals surface area contributed by atoms with Crippen molar-refractivity contribution in [3.8, 4) is 5.75 Å². The zero-order valence-corrected chi connectivity index (χ0v) is 20.9. The van der Waals surface area contributed by atoms with Gasteiger partial charge in [-0.15, -0.1) is 0 Å². The molecule has 3 aromatic rings. The minimum Gasteiger partial charge on any atom is 1.00 e. The van der Waals surface area contributed by atoms with Crippen LogP contribution in [-0.2, 0) is 20.2 Å². The van der Waals surface area contributed by atoms with E-state index in [9.17, 15) is 31.0 Å². The van der Waals surface area contributed by atoms with Crippen LogP contribution in [0.3, 0.4) is 0 Å². The molecule has 0 amide bonds. The first-order chi connectivity index (χ1) is 13.0. The van der Waals surface area contributed by atoms with Crippen molar-refractivity contribution in [1.29, 1.82) is 0 Å². The van der Waals surface area contributed by atoms with Gasteiger partial charge in [0, 0.05) is 0 Å². The van der Waals surface area contributed by atoms with E-state index in [4.69, 9.17) is 0 Å². The van der Waals surface area contributed by atoms with Crippen molar-refractivity contribution in [1.82, 2.24) is 0 Å². The smallest absolute Gasteiger partial charge is 1.00 e. The first-order valence-corrected chi connectivity index (χ1v) is 11.5. The van der Waals surface area contributed by atoms with Crippen molar-refractivity contribution >= 4 is 73.1 Å². The normalized spacial score (nSPS) is 12.3. The minimum atomic E-state index is -4.66. The Morgan fingerprint density at radius 2 is 1.62 bits per heavy atom.